The van der Waals surface area contributed by atoms with E-state index in [4.69, 9.17) is 11.6 Å². The summed E-state index contributed by atoms with van der Waals surface area (Å²) < 4.78 is 2.35. The van der Waals surface area contributed by atoms with Gasteiger partial charge in [0.1, 0.15) is 4.34 Å². The molecule has 0 spiro atoms. The van der Waals surface area contributed by atoms with Crippen molar-refractivity contribution in [2.45, 2.75) is 31.7 Å². The van der Waals surface area contributed by atoms with Crippen LogP contribution >= 0.6 is 23.1 Å². The Labute approximate surface area is 115 Å². The van der Waals surface area contributed by atoms with Crippen LogP contribution in [0.5, 0.6) is 0 Å². The molecule has 18 heavy (non-hydrogen) atoms. The van der Waals surface area contributed by atoms with E-state index in [0.717, 1.165) is 19.4 Å². The van der Waals surface area contributed by atoms with Gasteiger partial charge in [-0.3, -0.25) is 8.75 Å². The Morgan fingerprint density at radius 3 is 3.00 bits per heavy atom. The summed E-state index contributed by atoms with van der Waals surface area (Å²) in [6.07, 6.45) is 3.52. The first kappa shape index (κ1) is 12.0. The Morgan fingerprint density at radius 1 is 1.39 bits per heavy atom. The summed E-state index contributed by atoms with van der Waals surface area (Å²) in [4.78, 5) is 11.7. The fourth-order valence-corrected chi connectivity index (χ4v) is 3.82. The minimum atomic E-state index is 0.0213. The number of rotatable bonds is 2. The van der Waals surface area contributed by atoms with Gasteiger partial charge in [0, 0.05) is 18.5 Å². The van der Waals surface area contributed by atoms with Crippen LogP contribution in [-0.4, -0.2) is 3.96 Å². The molecule has 3 rings (SSSR count). The molecule has 2 aromatic rings. The summed E-state index contributed by atoms with van der Waals surface area (Å²) in [7, 11) is 0. The van der Waals surface area contributed by atoms with Gasteiger partial charge >= 0.3 is 0 Å². The third-order valence-electron chi connectivity index (χ3n) is 3.56. The SMILES string of the molecule is O=c1cc(Cl)sn1CC1CCCc2ccccc21. The molecule has 0 amide bonds. The van der Waals surface area contributed by atoms with Crippen LogP contribution < -0.4 is 5.56 Å². The lowest BCUT2D eigenvalue weighted by molar-refractivity contribution is 0.494. The Balaban J connectivity index is 1.91. The highest BCUT2D eigenvalue weighted by molar-refractivity contribution is 7.11. The molecule has 1 aliphatic carbocycles. The predicted octanol–water partition coefficient (Wildman–Crippen LogP) is 3.68. The summed E-state index contributed by atoms with van der Waals surface area (Å²) in [5.41, 5.74) is 2.86. The molecular weight excluding hydrogens is 266 g/mol. The van der Waals surface area contributed by atoms with Gasteiger partial charge in [-0.05, 0) is 41.9 Å². The first-order chi connectivity index (χ1) is 8.74. The number of hydrogen-bond donors (Lipinski definition) is 0. The lowest BCUT2D eigenvalue weighted by atomic mass is 9.83. The molecule has 1 heterocycles. The molecule has 94 valence electrons. The molecule has 0 bridgehead atoms. The van der Waals surface area contributed by atoms with E-state index in [-0.39, 0.29) is 5.56 Å². The highest BCUT2D eigenvalue weighted by atomic mass is 35.5. The van der Waals surface area contributed by atoms with E-state index in [1.165, 1.54) is 35.1 Å². The molecule has 0 N–H and O–H groups in total. The second-order valence-electron chi connectivity index (χ2n) is 4.73. The minimum absolute atomic E-state index is 0.0213. The van der Waals surface area contributed by atoms with E-state index >= 15 is 0 Å². The van der Waals surface area contributed by atoms with Crippen LogP contribution in [0.25, 0.3) is 0 Å². The molecule has 1 aliphatic rings. The van der Waals surface area contributed by atoms with Crippen molar-refractivity contribution in [1.82, 2.24) is 3.96 Å². The van der Waals surface area contributed by atoms with Crippen LogP contribution in [0.3, 0.4) is 0 Å². The van der Waals surface area contributed by atoms with E-state index in [0.29, 0.717) is 10.3 Å². The van der Waals surface area contributed by atoms with Crippen molar-refractivity contribution in [1.29, 1.82) is 0 Å². The molecule has 1 aromatic heterocycles. The molecular formula is C14H14ClNOS. The Bertz CT molecular complexity index is 616. The van der Waals surface area contributed by atoms with E-state index in [1.807, 2.05) is 0 Å². The van der Waals surface area contributed by atoms with Crippen molar-refractivity contribution in [2.75, 3.05) is 0 Å². The fourth-order valence-electron chi connectivity index (χ4n) is 2.72. The average molecular weight is 280 g/mol. The van der Waals surface area contributed by atoms with Gasteiger partial charge in [0.05, 0.1) is 0 Å². The van der Waals surface area contributed by atoms with Crippen molar-refractivity contribution in [2.24, 2.45) is 0 Å². The highest BCUT2D eigenvalue weighted by Gasteiger charge is 2.21. The first-order valence-electron chi connectivity index (χ1n) is 6.18. The summed E-state index contributed by atoms with van der Waals surface area (Å²) in [5.74, 6) is 0.447. The zero-order chi connectivity index (χ0) is 12.5. The summed E-state index contributed by atoms with van der Waals surface area (Å²) in [6, 6.07) is 10.1. The standard InChI is InChI=1S/C14H14ClNOS/c15-13-8-14(17)16(18-13)9-11-6-3-5-10-4-1-2-7-12(10)11/h1-2,4,7-8,11H,3,5-6,9H2. The van der Waals surface area contributed by atoms with Crippen LogP contribution in [0.2, 0.25) is 4.34 Å². The molecule has 0 fully saturated rings. The third-order valence-corrected chi connectivity index (χ3v) is 4.72. The van der Waals surface area contributed by atoms with Crippen molar-refractivity contribution in [3.05, 3.63) is 56.1 Å². The largest absolute Gasteiger partial charge is 0.268 e. The van der Waals surface area contributed by atoms with Crippen LogP contribution in [0.15, 0.2) is 35.1 Å². The zero-order valence-corrected chi connectivity index (χ0v) is 11.5. The molecule has 0 radical (unpaired) electrons. The maximum Gasteiger partial charge on any atom is 0.262 e. The second kappa shape index (κ2) is 4.90. The number of benzene rings is 1. The Kier molecular flexibility index (Phi) is 3.27. The van der Waals surface area contributed by atoms with Gasteiger partial charge in [-0.25, -0.2) is 0 Å². The zero-order valence-electron chi connectivity index (χ0n) is 9.93. The number of fused-ring (bicyclic) bond motifs is 1. The lowest BCUT2D eigenvalue weighted by Crippen LogP contribution is -2.20. The average Bonchev–Trinajstić information content (AvgIpc) is 2.68. The summed E-state index contributed by atoms with van der Waals surface area (Å²) >= 11 is 7.23. The summed E-state index contributed by atoms with van der Waals surface area (Å²) in [5, 5.41) is 0. The third kappa shape index (κ3) is 2.25. The smallest absolute Gasteiger partial charge is 0.262 e. The normalized spacial score (nSPS) is 18.6. The van der Waals surface area contributed by atoms with Gasteiger partial charge in [0.2, 0.25) is 0 Å². The first-order valence-corrected chi connectivity index (χ1v) is 7.33. The van der Waals surface area contributed by atoms with Gasteiger partial charge in [-0.1, -0.05) is 35.9 Å². The van der Waals surface area contributed by atoms with Crippen LogP contribution in [-0.2, 0) is 13.0 Å². The fraction of sp³-hybridized carbons (Fsp3) is 0.357. The number of aryl methyl sites for hydroxylation is 1. The topological polar surface area (TPSA) is 22.0 Å². The molecule has 0 saturated carbocycles. The minimum Gasteiger partial charge on any atom is -0.268 e. The maximum atomic E-state index is 11.7. The quantitative estimate of drug-likeness (QED) is 0.822. The van der Waals surface area contributed by atoms with Gasteiger partial charge < -0.3 is 0 Å². The van der Waals surface area contributed by atoms with Crippen LogP contribution in [0, 0.1) is 0 Å². The number of aromatic nitrogens is 1. The van der Waals surface area contributed by atoms with Crippen molar-refractivity contribution in [3.8, 4) is 0 Å². The maximum absolute atomic E-state index is 11.7. The van der Waals surface area contributed by atoms with E-state index in [2.05, 4.69) is 24.3 Å². The summed E-state index contributed by atoms with van der Waals surface area (Å²) in [6.45, 7) is 0.757. The van der Waals surface area contributed by atoms with Crippen molar-refractivity contribution in [3.63, 3.8) is 0 Å². The van der Waals surface area contributed by atoms with E-state index in [9.17, 15) is 4.79 Å². The molecule has 2 nitrogen and oxygen atoms in total. The monoisotopic (exact) mass is 279 g/mol. The number of nitrogens with zero attached hydrogens (tertiary/aromatic N) is 1. The Morgan fingerprint density at radius 2 is 2.22 bits per heavy atom. The van der Waals surface area contributed by atoms with Crippen LogP contribution in [0.4, 0.5) is 0 Å². The van der Waals surface area contributed by atoms with Crippen molar-refractivity contribution >= 4 is 23.1 Å². The van der Waals surface area contributed by atoms with E-state index < -0.39 is 0 Å². The van der Waals surface area contributed by atoms with Crippen LogP contribution in [0.1, 0.15) is 29.9 Å². The van der Waals surface area contributed by atoms with E-state index in [1.54, 1.807) is 3.96 Å². The molecule has 0 saturated heterocycles. The molecule has 1 atom stereocenters. The van der Waals surface area contributed by atoms with Gasteiger partial charge in [-0.15, -0.1) is 0 Å². The van der Waals surface area contributed by atoms with Gasteiger partial charge in [0.15, 0.2) is 0 Å². The van der Waals surface area contributed by atoms with Gasteiger partial charge in [-0.2, -0.15) is 0 Å². The number of halogens is 1. The van der Waals surface area contributed by atoms with Crippen molar-refractivity contribution < 1.29 is 0 Å². The highest BCUT2D eigenvalue weighted by Crippen LogP contribution is 2.33. The van der Waals surface area contributed by atoms with Gasteiger partial charge in [0.25, 0.3) is 5.56 Å². The second-order valence-corrected chi connectivity index (χ2v) is 6.42. The molecule has 1 aromatic carbocycles. The lowest BCUT2D eigenvalue weighted by Gasteiger charge is -2.25. The molecule has 1 unspecified atom stereocenters. The molecule has 0 aliphatic heterocycles. The predicted molar refractivity (Wildman–Crippen MR) is 75.7 cm³/mol. The molecule has 4 heteroatoms. The number of hydrogen-bond acceptors (Lipinski definition) is 2. The Hall–Kier alpha value is -1.06.